The summed E-state index contributed by atoms with van der Waals surface area (Å²) in [6.45, 7) is 7.32. The third kappa shape index (κ3) is 8.35. The summed E-state index contributed by atoms with van der Waals surface area (Å²) in [5, 5.41) is 11.4. The molecule has 1 unspecified atom stereocenters. The molecule has 0 aliphatic rings. The average molecular weight is 536 g/mol. The van der Waals surface area contributed by atoms with Gasteiger partial charge in [0.25, 0.3) is 0 Å². The van der Waals surface area contributed by atoms with Gasteiger partial charge in [0.15, 0.2) is 5.96 Å². The maximum atomic E-state index is 4.75. The number of nitrogens with zero attached hydrogens (tertiary/aromatic N) is 4. The van der Waals surface area contributed by atoms with Crippen molar-refractivity contribution in [2.45, 2.75) is 37.1 Å². The van der Waals surface area contributed by atoms with Gasteiger partial charge < -0.3 is 10.6 Å². The van der Waals surface area contributed by atoms with Crippen LogP contribution < -0.4 is 10.6 Å². The molecule has 6 nitrogen and oxygen atoms in total. The van der Waals surface area contributed by atoms with Gasteiger partial charge >= 0.3 is 0 Å². The molecule has 1 atom stereocenters. The van der Waals surface area contributed by atoms with Gasteiger partial charge in [-0.15, -0.1) is 35.7 Å². The van der Waals surface area contributed by atoms with Crippen LogP contribution in [-0.2, 0) is 13.1 Å². The van der Waals surface area contributed by atoms with Crippen LogP contribution in [0.4, 0.5) is 0 Å². The van der Waals surface area contributed by atoms with Gasteiger partial charge in [0.2, 0.25) is 0 Å². The van der Waals surface area contributed by atoms with Crippen LogP contribution in [0.5, 0.6) is 0 Å². The van der Waals surface area contributed by atoms with Crippen LogP contribution in [0.3, 0.4) is 0 Å². The van der Waals surface area contributed by atoms with Gasteiger partial charge in [-0.05, 0) is 30.2 Å². The number of aromatic nitrogens is 3. The number of rotatable bonds is 9. The van der Waals surface area contributed by atoms with E-state index in [2.05, 4.69) is 83.1 Å². The van der Waals surface area contributed by atoms with E-state index in [-0.39, 0.29) is 24.0 Å². The summed E-state index contributed by atoms with van der Waals surface area (Å²) < 4.78 is 1.82. The van der Waals surface area contributed by atoms with E-state index in [0.29, 0.717) is 18.3 Å². The van der Waals surface area contributed by atoms with Crippen molar-refractivity contribution >= 4 is 41.7 Å². The van der Waals surface area contributed by atoms with Crippen molar-refractivity contribution < 1.29 is 0 Å². The van der Waals surface area contributed by atoms with Crippen molar-refractivity contribution in [1.29, 1.82) is 0 Å². The highest BCUT2D eigenvalue weighted by atomic mass is 127. The SMILES string of the molecule is CCNC(=NCc1cccc(Cn2cncn2)c1)NCC(C)Sc1ccccc1.I. The lowest BCUT2D eigenvalue weighted by Crippen LogP contribution is -2.40. The van der Waals surface area contributed by atoms with Gasteiger partial charge in [-0.2, -0.15) is 5.10 Å². The van der Waals surface area contributed by atoms with Gasteiger partial charge in [0.05, 0.1) is 13.1 Å². The molecule has 0 fully saturated rings. The Balaban J connectivity index is 0.00000320. The Morgan fingerprint density at radius 3 is 2.63 bits per heavy atom. The minimum absolute atomic E-state index is 0. The van der Waals surface area contributed by atoms with Crippen LogP contribution in [0.2, 0.25) is 0 Å². The fourth-order valence-electron chi connectivity index (χ4n) is 2.85. The molecule has 2 aromatic carbocycles. The highest BCUT2D eigenvalue weighted by Gasteiger charge is 2.06. The summed E-state index contributed by atoms with van der Waals surface area (Å²) in [6, 6.07) is 18.9. The zero-order valence-electron chi connectivity index (χ0n) is 17.4. The van der Waals surface area contributed by atoms with Crippen molar-refractivity contribution in [1.82, 2.24) is 25.4 Å². The second kappa shape index (κ2) is 13.3. The van der Waals surface area contributed by atoms with Crippen LogP contribution in [0.25, 0.3) is 0 Å². The molecule has 0 bridgehead atoms. The Bertz CT molecular complexity index is 886. The maximum absolute atomic E-state index is 4.75. The Kier molecular flexibility index (Phi) is 10.7. The largest absolute Gasteiger partial charge is 0.357 e. The summed E-state index contributed by atoms with van der Waals surface area (Å²) in [5.74, 6) is 0.842. The van der Waals surface area contributed by atoms with Crippen molar-refractivity contribution in [3.63, 3.8) is 0 Å². The number of thioether (sulfide) groups is 1. The molecule has 0 spiro atoms. The van der Waals surface area contributed by atoms with Crippen LogP contribution >= 0.6 is 35.7 Å². The molecule has 3 aromatic rings. The number of hydrogen-bond donors (Lipinski definition) is 2. The zero-order valence-corrected chi connectivity index (χ0v) is 20.5. The molecule has 160 valence electrons. The van der Waals surface area contributed by atoms with Crippen molar-refractivity contribution in [3.05, 3.63) is 78.4 Å². The number of benzene rings is 2. The van der Waals surface area contributed by atoms with E-state index >= 15 is 0 Å². The molecule has 8 heteroatoms. The monoisotopic (exact) mass is 536 g/mol. The summed E-state index contributed by atoms with van der Waals surface area (Å²) in [5.41, 5.74) is 2.36. The van der Waals surface area contributed by atoms with E-state index in [4.69, 9.17) is 4.99 Å². The first-order valence-electron chi connectivity index (χ1n) is 9.87. The Labute approximate surface area is 200 Å². The number of nitrogens with one attached hydrogen (secondary N) is 2. The Morgan fingerprint density at radius 2 is 1.90 bits per heavy atom. The minimum Gasteiger partial charge on any atom is -0.357 e. The lowest BCUT2D eigenvalue weighted by Gasteiger charge is -2.16. The molecule has 0 amide bonds. The number of halogens is 1. The summed E-state index contributed by atoms with van der Waals surface area (Å²) in [6.07, 6.45) is 3.28. The van der Waals surface area contributed by atoms with E-state index in [9.17, 15) is 0 Å². The first-order chi connectivity index (χ1) is 14.2. The van der Waals surface area contributed by atoms with Gasteiger partial charge in [-0.1, -0.05) is 49.4 Å². The first kappa shape index (κ1) is 24.2. The van der Waals surface area contributed by atoms with E-state index in [1.165, 1.54) is 16.0 Å². The molecular weight excluding hydrogens is 507 g/mol. The molecule has 2 N–H and O–H groups in total. The van der Waals surface area contributed by atoms with Gasteiger partial charge in [0.1, 0.15) is 12.7 Å². The molecule has 30 heavy (non-hydrogen) atoms. The van der Waals surface area contributed by atoms with Gasteiger partial charge in [-0.25, -0.2) is 14.7 Å². The number of aliphatic imine (C=N–C) groups is 1. The first-order valence-corrected chi connectivity index (χ1v) is 10.7. The van der Waals surface area contributed by atoms with Gasteiger partial charge in [0, 0.05) is 23.2 Å². The second-order valence-corrected chi connectivity index (χ2v) is 8.24. The third-order valence-corrected chi connectivity index (χ3v) is 5.32. The highest BCUT2D eigenvalue weighted by Crippen LogP contribution is 2.21. The molecule has 0 radical (unpaired) electrons. The smallest absolute Gasteiger partial charge is 0.191 e. The quantitative estimate of drug-likeness (QED) is 0.186. The summed E-state index contributed by atoms with van der Waals surface area (Å²) in [7, 11) is 0. The van der Waals surface area contributed by atoms with E-state index in [1.807, 2.05) is 22.5 Å². The molecule has 0 saturated heterocycles. The second-order valence-electron chi connectivity index (χ2n) is 6.73. The number of hydrogen-bond acceptors (Lipinski definition) is 4. The van der Waals surface area contributed by atoms with E-state index in [0.717, 1.165) is 19.0 Å². The molecule has 3 rings (SSSR count). The Morgan fingerprint density at radius 1 is 1.10 bits per heavy atom. The molecule has 1 aromatic heterocycles. The Hall–Kier alpha value is -2.07. The highest BCUT2D eigenvalue weighted by molar-refractivity contribution is 14.0. The number of guanidine groups is 1. The minimum atomic E-state index is 0. The van der Waals surface area contributed by atoms with Crippen LogP contribution in [-0.4, -0.2) is 39.1 Å². The predicted molar refractivity (Wildman–Crippen MR) is 136 cm³/mol. The fourth-order valence-corrected chi connectivity index (χ4v) is 3.80. The fraction of sp³-hybridized carbons (Fsp3) is 0.318. The lowest BCUT2D eigenvalue weighted by atomic mass is 10.1. The van der Waals surface area contributed by atoms with Crippen molar-refractivity contribution in [3.8, 4) is 0 Å². The molecule has 0 aliphatic heterocycles. The topological polar surface area (TPSA) is 67.1 Å². The molecule has 0 aliphatic carbocycles. The maximum Gasteiger partial charge on any atom is 0.191 e. The molecule has 1 heterocycles. The van der Waals surface area contributed by atoms with Crippen LogP contribution in [0.1, 0.15) is 25.0 Å². The summed E-state index contributed by atoms with van der Waals surface area (Å²) >= 11 is 1.86. The lowest BCUT2D eigenvalue weighted by molar-refractivity contribution is 0.684. The van der Waals surface area contributed by atoms with Crippen molar-refractivity contribution in [2.75, 3.05) is 13.1 Å². The van der Waals surface area contributed by atoms with Gasteiger partial charge in [-0.3, -0.25) is 0 Å². The zero-order chi connectivity index (χ0) is 20.3. The predicted octanol–water partition coefficient (Wildman–Crippen LogP) is 4.18. The molecular formula is C22H29IN6S. The molecule has 0 saturated carbocycles. The standard InChI is InChI=1S/C22H28N6S.HI/c1-3-24-22(25-13-18(2)29-21-10-5-4-6-11-21)26-14-19-8-7-9-20(12-19)15-28-17-23-16-27-28;/h4-12,16-18H,3,13-15H2,1-2H3,(H2,24,25,26);1H. The van der Waals surface area contributed by atoms with E-state index in [1.54, 1.807) is 12.7 Å². The van der Waals surface area contributed by atoms with E-state index < -0.39 is 0 Å². The third-order valence-electron chi connectivity index (χ3n) is 4.20. The van der Waals surface area contributed by atoms with Crippen molar-refractivity contribution in [2.24, 2.45) is 4.99 Å². The van der Waals surface area contributed by atoms with Crippen LogP contribution in [0, 0.1) is 0 Å². The normalized spacial score (nSPS) is 12.1. The summed E-state index contributed by atoms with van der Waals surface area (Å²) in [4.78, 5) is 10.0. The van der Waals surface area contributed by atoms with Crippen LogP contribution in [0.15, 0.2) is 77.1 Å². The average Bonchev–Trinajstić information content (AvgIpc) is 3.24.